The van der Waals surface area contributed by atoms with Crippen molar-refractivity contribution in [2.24, 2.45) is 5.73 Å². The normalized spacial score (nSPS) is 12.4. The molecule has 3 aromatic carbocycles. The van der Waals surface area contributed by atoms with Gasteiger partial charge in [-0.15, -0.1) is 0 Å². The smallest absolute Gasteiger partial charge is 0.265 e. The molecule has 3 rings (SSSR count). The number of benzene rings is 3. The van der Waals surface area contributed by atoms with Crippen molar-refractivity contribution in [1.82, 2.24) is 0 Å². The lowest BCUT2D eigenvalue weighted by molar-refractivity contribution is 0.417. The molecule has 3 N–H and O–H groups in total. The van der Waals surface area contributed by atoms with Crippen LogP contribution in [0.4, 0.5) is 0 Å². The molecule has 0 amide bonds. The van der Waals surface area contributed by atoms with Crippen LogP contribution in [0.15, 0.2) is 66.7 Å². The maximum atomic E-state index is 11.4. The van der Waals surface area contributed by atoms with Gasteiger partial charge >= 0.3 is 0 Å². The lowest BCUT2D eigenvalue weighted by Crippen LogP contribution is -2.21. The zero-order valence-corrected chi connectivity index (χ0v) is 17.7. The van der Waals surface area contributed by atoms with Gasteiger partial charge in [-0.25, -0.2) is 0 Å². The third kappa shape index (κ3) is 6.06. The first-order valence-electron chi connectivity index (χ1n) is 9.52. The van der Waals surface area contributed by atoms with Crippen LogP contribution in [0.25, 0.3) is 0 Å². The molecule has 3 aromatic rings. The first kappa shape index (κ1) is 21.8. The van der Waals surface area contributed by atoms with E-state index < -0.39 is 21.8 Å². The summed E-state index contributed by atoms with van der Waals surface area (Å²) in [4.78, 5) is 0. The van der Waals surface area contributed by atoms with Gasteiger partial charge in [0.05, 0.1) is 5.75 Å². The Kier molecular flexibility index (Phi) is 6.77. The molecule has 0 spiro atoms. The molecule has 0 radical (unpaired) electrons. The lowest BCUT2D eigenvalue weighted by atomic mass is 10.0. The number of hydrogen-bond acceptors (Lipinski definition) is 5. The molecule has 0 aliphatic heterocycles. The van der Waals surface area contributed by atoms with Gasteiger partial charge in [-0.3, -0.25) is 4.55 Å². The van der Waals surface area contributed by atoms with Crippen molar-refractivity contribution in [3.8, 4) is 23.0 Å². The molecule has 7 heteroatoms. The summed E-state index contributed by atoms with van der Waals surface area (Å²) in [6.45, 7) is 4.03. The first-order valence-corrected chi connectivity index (χ1v) is 11.1. The average Bonchev–Trinajstić information content (AvgIpc) is 2.70. The molecule has 0 saturated heterocycles. The van der Waals surface area contributed by atoms with Crippen molar-refractivity contribution >= 4 is 10.1 Å². The molecular formula is C23H25NO5S. The molecule has 30 heavy (non-hydrogen) atoms. The minimum absolute atomic E-state index is 0.0575. The largest absolute Gasteiger partial charge is 0.453 e. The van der Waals surface area contributed by atoms with E-state index in [9.17, 15) is 13.0 Å². The summed E-state index contributed by atoms with van der Waals surface area (Å²) in [5.74, 6) is 1.12. The van der Waals surface area contributed by atoms with E-state index in [0.29, 0.717) is 28.6 Å². The number of ether oxygens (including phenoxy) is 2. The fourth-order valence-corrected chi connectivity index (χ4v) is 3.80. The molecule has 1 unspecified atom stereocenters. The highest BCUT2D eigenvalue weighted by Gasteiger charge is 2.20. The summed E-state index contributed by atoms with van der Waals surface area (Å²) in [7, 11) is -4.17. The summed E-state index contributed by atoms with van der Waals surface area (Å²) >= 11 is 0. The second-order valence-electron chi connectivity index (χ2n) is 7.22. The molecule has 0 saturated carbocycles. The third-order valence-corrected chi connectivity index (χ3v) is 5.46. The van der Waals surface area contributed by atoms with Crippen molar-refractivity contribution in [3.63, 3.8) is 0 Å². The number of aryl methyl sites for hydroxylation is 2. The predicted octanol–water partition coefficient (Wildman–Crippen LogP) is 4.82. The molecule has 0 bridgehead atoms. The molecule has 6 nitrogen and oxygen atoms in total. The Hall–Kier alpha value is -2.87. The summed E-state index contributed by atoms with van der Waals surface area (Å²) in [5.41, 5.74) is 8.61. The van der Waals surface area contributed by atoms with Gasteiger partial charge in [-0.1, -0.05) is 41.5 Å². The molecule has 0 heterocycles. The van der Waals surface area contributed by atoms with Gasteiger partial charge in [0.2, 0.25) is 0 Å². The fraction of sp³-hybridized carbons (Fsp3) is 0.217. The van der Waals surface area contributed by atoms with E-state index in [1.807, 2.05) is 62.4 Å². The standard InChI is InChI=1S/C23H25NO5S/c1-16-3-8-20(9-4-16)28-22-12-7-18(19(14-24)15-30(25,26)27)13-23(22)29-21-10-5-17(2)6-11-21/h3-13,19H,14-15,24H2,1-2H3,(H,25,26,27). The SMILES string of the molecule is Cc1ccc(Oc2ccc(C(CN)CS(=O)(=O)O)cc2Oc2ccc(C)cc2)cc1. The van der Waals surface area contributed by atoms with Gasteiger partial charge in [0.15, 0.2) is 11.5 Å². The predicted molar refractivity (Wildman–Crippen MR) is 117 cm³/mol. The van der Waals surface area contributed by atoms with Crippen LogP contribution in [0.3, 0.4) is 0 Å². The minimum atomic E-state index is -4.17. The maximum Gasteiger partial charge on any atom is 0.265 e. The summed E-state index contributed by atoms with van der Waals surface area (Å²) in [6, 6.07) is 20.3. The average molecular weight is 428 g/mol. The molecule has 0 aromatic heterocycles. The van der Waals surface area contributed by atoms with Crippen LogP contribution >= 0.6 is 0 Å². The van der Waals surface area contributed by atoms with Crippen molar-refractivity contribution < 1.29 is 22.4 Å². The Bertz CT molecular complexity index is 1090. The molecule has 158 valence electrons. The van der Waals surface area contributed by atoms with Crippen molar-refractivity contribution in [2.45, 2.75) is 19.8 Å². The Labute approximate surface area is 177 Å². The van der Waals surface area contributed by atoms with E-state index in [1.165, 1.54) is 0 Å². The summed E-state index contributed by atoms with van der Waals surface area (Å²) in [6.07, 6.45) is 0. The van der Waals surface area contributed by atoms with E-state index in [2.05, 4.69) is 0 Å². The third-order valence-electron chi connectivity index (χ3n) is 4.63. The summed E-state index contributed by atoms with van der Waals surface area (Å²) in [5, 5.41) is 0. The number of rotatable bonds is 8. The minimum Gasteiger partial charge on any atom is -0.453 e. The zero-order chi connectivity index (χ0) is 21.7. The Morgan fingerprint density at radius 2 is 1.33 bits per heavy atom. The summed E-state index contributed by atoms with van der Waals surface area (Å²) < 4.78 is 44.0. The van der Waals surface area contributed by atoms with Gasteiger partial charge in [0.25, 0.3) is 10.1 Å². The van der Waals surface area contributed by atoms with Crippen LogP contribution in [0.5, 0.6) is 23.0 Å². The maximum absolute atomic E-state index is 11.4. The van der Waals surface area contributed by atoms with Crippen molar-refractivity contribution in [3.05, 3.63) is 83.4 Å². The highest BCUT2D eigenvalue weighted by Crippen LogP contribution is 2.37. The van der Waals surface area contributed by atoms with Gasteiger partial charge in [-0.05, 0) is 55.8 Å². The van der Waals surface area contributed by atoms with E-state index in [-0.39, 0.29) is 6.54 Å². The van der Waals surface area contributed by atoms with Crippen molar-refractivity contribution in [1.29, 1.82) is 0 Å². The second kappa shape index (κ2) is 9.30. The van der Waals surface area contributed by atoms with Crippen LogP contribution in [-0.2, 0) is 10.1 Å². The fourth-order valence-electron chi connectivity index (χ4n) is 2.96. The van der Waals surface area contributed by atoms with Crippen LogP contribution in [0.2, 0.25) is 0 Å². The van der Waals surface area contributed by atoms with Crippen LogP contribution in [0.1, 0.15) is 22.6 Å². The van der Waals surface area contributed by atoms with E-state index >= 15 is 0 Å². The van der Waals surface area contributed by atoms with Gasteiger partial charge in [0.1, 0.15) is 11.5 Å². The second-order valence-corrected chi connectivity index (χ2v) is 8.71. The molecule has 0 aliphatic carbocycles. The van der Waals surface area contributed by atoms with Gasteiger partial charge in [-0.2, -0.15) is 8.42 Å². The van der Waals surface area contributed by atoms with Crippen LogP contribution in [0, 0.1) is 13.8 Å². The van der Waals surface area contributed by atoms with Gasteiger partial charge in [0, 0.05) is 12.5 Å². The Morgan fingerprint density at radius 3 is 1.80 bits per heavy atom. The number of hydrogen-bond donors (Lipinski definition) is 2. The van der Waals surface area contributed by atoms with Crippen LogP contribution in [-0.4, -0.2) is 25.3 Å². The van der Waals surface area contributed by atoms with Gasteiger partial charge < -0.3 is 15.2 Å². The quantitative estimate of drug-likeness (QED) is 0.500. The monoisotopic (exact) mass is 427 g/mol. The van der Waals surface area contributed by atoms with E-state index in [1.54, 1.807) is 18.2 Å². The molecular weight excluding hydrogens is 402 g/mol. The molecule has 0 fully saturated rings. The molecule has 0 aliphatic rings. The topological polar surface area (TPSA) is 98.9 Å². The lowest BCUT2D eigenvalue weighted by Gasteiger charge is -2.18. The molecule has 1 atom stereocenters. The highest BCUT2D eigenvalue weighted by molar-refractivity contribution is 7.85. The first-order chi connectivity index (χ1) is 14.2. The highest BCUT2D eigenvalue weighted by atomic mass is 32.2. The Morgan fingerprint density at radius 1 is 0.833 bits per heavy atom. The number of nitrogens with two attached hydrogens (primary N) is 1. The Balaban J connectivity index is 1.97. The van der Waals surface area contributed by atoms with E-state index in [0.717, 1.165) is 11.1 Å². The zero-order valence-electron chi connectivity index (χ0n) is 16.9. The van der Waals surface area contributed by atoms with E-state index in [4.69, 9.17) is 15.2 Å². The van der Waals surface area contributed by atoms with Crippen LogP contribution < -0.4 is 15.2 Å². The van der Waals surface area contributed by atoms with Crippen molar-refractivity contribution in [2.75, 3.05) is 12.3 Å².